The Bertz CT molecular complexity index is 1070. The average molecular weight is 436 g/mol. The van der Waals surface area contributed by atoms with Gasteiger partial charge < -0.3 is 15.0 Å². The van der Waals surface area contributed by atoms with Crippen LogP contribution in [0.5, 0.6) is 0 Å². The van der Waals surface area contributed by atoms with Crippen molar-refractivity contribution in [2.75, 3.05) is 23.9 Å². The Hall–Kier alpha value is -3.05. The molecular formula is C25H26ClN3O2. The summed E-state index contributed by atoms with van der Waals surface area (Å²) in [6.45, 7) is 3.86. The summed E-state index contributed by atoms with van der Waals surface area (Å²) in [7, 11) is 1.39. The van der Waals surface area contributed by atoms with Gasteiger partial charge in [0.1, 0.15) is 5.82 Å². The second kappa shape index (κ2) is 9.40. The van der Waals surface area contributed by atoms with E-state index in [1.807, 2.05) is 36.5 Å². The molecule has 1 atom stereocenters. The molecule has 1 N–H and O–H groups in total. The van der Waals surface area contributed by atoms with Gasteiger partial charge in [-0.05, 0) is 66.8 Å². The number of fused-ring (bicyclic) bond motifs is 1. The van der Waals surface area contributed by atoms with Gasteiger partial charge in [0.15, 0.2) is 0 Å². The Kier molecular flexibility index (Phi) is 6.42. The molecule has 4 rings (SSSR count). The number of hydrogen-bond acceptors (Lipinski definition) is 5. The Morgan fingerprint density at radius 3 is 2.77 bits per heavy atom. The van der Waals surface area contributed by atoms with Gasteiger partial charge in [0.2, 0.25) is 0 Å². The van der Waals surface area contributed by atoms with Gasteiger partial charge in [-0.25, -0.2) is 9.78 Å². The standard InChI is InChI=1S/C25H26ClN3O2/c1-17(19-8-10-21(11-9-19)25(30)31-2)28-24-23-20(12-13-27-24)6-4-14-29(23)16-18-5-3-7-22(26)15-18/h3,5,7-13,15,17H,4,6,14,16H2,1-2H3,(H,27,28). The highest BCUT2D eigenvalue weighted by Gasteiger charge is 2.22. The lowest BCUT2D eigenvalue weighted by molar-refractivity contribution is 0.0600. The molecule has 2 heterocycles. The summed E-state index contributed by atoms with van der Waals surface area (Å²) in [5.74, 6) is 0.548. The van der Waals surface area contributed by atoms with Crippen molar-refractivity contribution in [3.05, 3.63) is 88.1 Å². The Labute approximate surface area is 188 Å². The van der Waals surface area contributed by atoms with Crippen molar-refractivity contribution in [1.29, 1.82) is 0 Å². The van der Waals surface area contributed by atoms with Gasteiger partial charge in [-0.2, -0.15) is 0 Å². The molecule has 6 heteroatoms. The number of rotatable bonds is 6. The number of benzene rings is 2. The minimum Gasteiger partial charge on any atom is -0.465 e. The Balaban J connectivity index is 1.57. The van der Waals surface area contributed by atoms with Gasteiger partial charge in [0.25, 0.3) is 0 Å². The van der Waals surface area contributed by atoms with Crippen LogP contribution >= 0.6 is 11.6 Å². The Morgan fingerprint density at radius 1 is 1.23 bits per heavy atom. The number of aryl methyl sites for hydroxylation is 1. The van der Waals surface area contributed by atoms with E-state index < -0.39 is 0 Å². The summed E-state index contributed by atoms with van der Waals surface area (Å²) in [5, 5.41) is 4.33. The summed E-state index contributed by atoms with van der Waals surface area (Å²) in [4.78, 5) is 18.7. The van der Waals surface area contributed by atoms with E-state index in [1.54, 1.807) is 12.1 Å². The molecule has 0 spiro atoms. The number of nitrogens with one attached hydrogen (secondary N) is 1. The molecule has 1 aliphatic heterocycles. The molecule has 0 aliphatic carbocycles. The molecule has 2 aromatic carbocycles. The molecule has 1 aromatic heterocycles. The number of carbonyl (C=O) groups is 1. The van der Waals surface area contributed by atoms with Crippen molar-refractivity contribution in [3.8, 4) is 0 Å². The van der Waals surface area contributed by atoms with Gasteiger partial charge in [-0.15, -0.1) is 0 Å². The van der Waals surface area contributed by atoms with Crippen molar-refractivity contribution in [3.63, 3.8) is 0 Å². The maximum Gasteiger partial charge on any atom is 0.337 e. The lowest BCUT2D eigenvalue weighted by Gasteiger charge is -2.33. The number of carbonyl (C=O) groups excluding carboxylic acids is 1. The maximum absolute atomic E-state index is 11.7. The summed E-state index contributed by atoms with van der Waals surface area (Å²) < 4.78 is 4.78. The number of pyridine rings is 1. The first kappa shape index (κ1) is 21.2. The van der Waals surface area contributed by atoms with Crippen LogP contribution in [-0.4, -0.2) is 24.6 Å². The van der Waals surface area contributed by atoms with Crippen LogP contribution in [0.3, 0.4) is 0 Å². The molecule has 0 saturated carbocycles. The van der Waals surface area contributed by atoms with Crippen molar-refractivity contribution in [1.82, 2.24) is 4.98 Å². The van der Waals surface area contributed by atoms with Crippen molar-refractivity contribution in [2.45, 2.75) is 32.4 Å². The molecule has 0 radical (unpaired) electrons. The van der Waals surface area contributed by atoms with Gasteiger partial charge >= 0.3 is 5.97 Å². The fourth-order valence-electron chi connectivity index (χ4n) is 4.05. The first-order chi connectivity index (χ1) is 15.0. The second-order valence-corrected chi connectivity index (χ2v) is 8.24. The molecule has 1 aliphatic rings. The van der Waals surface area contributed by atoms with Gasteiger partial charge in [0.05, 0.1) is 24.4 Å². The molecule has 3 aromatic rings. The van der Waals surface area contributed by atoms with E-state index >= 15 is 0 Å². The maximum atomic E-state index is 11.7. The number of esters is 1. The van der Waals surface area contributed by atoms with Crippen molar-refractivity contribution >= 4 is 29.1 Å². The van der Waals surface area contributed by atoms with E-state index in [-0.39, 0.29) is 12.0 Å². The molecule has 0 amide bonds. The van der Waals surface area contributed by atoms with Crippen molar-refractivity contribution in [2.24, 2.45) is 0 Å². The zero-order valence-corrected chi connectivity index (χ0v) is 18.5. The minimum absolute atomic E-state index is 0.0284. The number of methoxy groups -OCH3 is 1. The first-order valence-electron chi connectivity index (χ1n) is 10.5. The predicted octanol–water partition coefficient (Wildman–Crippen LogP) is 5.65. The lowest BCUT2D eigenvalue weighted by Crippen LogP contribution is -2.30. The molecule has 160 valence electrons. The lowest BCUT2D eigenvalue weighted by atomic mass is 10.0. The first-order valence-corrected chi connectivity index (χ1v) is 10.8. The highest BCUT2D eigenvalue weighted by Crippen LogP contribution is 2.36. The van der Waals surface area contributed by atoms with Crippen LogP contribution in [0, 0.1) is 0 Å². The summed E-state index contributed by atoms with van der Waals surface area (Å²) in [5.41, 5.74) is 5.26. The molecule has 1 unspecified atom stereocenters. The van der Waals surface area contributed by atoms with E-state index in [4.69, 9.17) is 16.3 Å². The monoisotopic (exact) mass is 435 g/mol. The zero-order valence-electron chi connectivity index (χ0n) is 17.8. The topological polar surface area (TPSA) is 54.5 Å². The van der Waals surface area contributed by atoms with Crippen LogP contribution in [-0.2, 0) is 17.7 Å². The Morgan fingerprint density at radius 2 is 2.03 bits per heavy atom. The van der Waals surface area contributed by atoms with Crippen LogP contribution < -0.4 is 10.2 Å². The normalized spacial score (nSPS) is 14.0. The average Bonchev–Trinajstić information content (AvgIpc) is 2.79. The fraction of sp³-hybridized carbons (Fsp3) is 0.280. The number of nitrogens with zero attached hydrogens (tertiary/aromatic N) is 2. The van der Waals surface area contributed by atoms with E-state index in [0.29, 0.717) is 5.56 Å². The molecular weight excluding hydrogens is 410 g/mol. The number of hydrogen-bond donors (Lipinski definition) is 1. The van der Waals surface area contributed by atoms with Crippen LogP contribution in [0.1, 0.15) is 46.4 Å². The number of ether oxygens (including phenoxy) is 1. The largest absolute Gasteiger partial charge is 0.465 e. The van der Waals surface area contributed by atoms with Crippen LogP contribution in [0.15, 0.2) is 60.8 Å². The molecule has 31 heavy (non-hydrogen) atoms. The molecule has 0 saturated heterocycles. The third-order valence-corrected chi connectivity index (χ3v) is 5.88. The van der Waals surface area contributed by atoms with Gasteiger partial charge in [-0.3, -0.25) is 0 Å². The van der Waals surface area contributed by atoms with E-state index in [2.05, 4.69) is 34.3 Å². The summed E-state index contributed by atoms with van der Waals surface area (Å²) in [6.07, 6.45) is 4.03. The zero-order chi connectivity index (χ0) is 21.8. The third-order valence-electron chi connectivity index (χ3n) is 5.65. The smallest absolute Gasteiger partial charge is 0.337 e. The van der Waals surface area contributed by atoms with Gasteiger partial charge in [0, 0.05) is 24.3 Å². The second-order valence-electron chi connectivity index (χ2n) is 7.80. The molecule has 0 fully saturated rings. The van der Waals surface area contributed by atoms with Gasteiger partial charge in [-0.1, -0.05) is 35.9 Å². The summed E-state index contributed by atoms with van der Waals surface area (Å²) in [6, 6.07) is 17.6. The SMILES string of the molecule is COC(=O)c1ccc(C(C)Nc2nccc3c2N(Cc2cccc(Cl)c2)CCC3)cc1. The number of aromatic nitrogens is 1. The quantitative estimate of drug-likeness (QED) is 0.507. The van der Waals surface area contributed by atoms with E-state index in [0.717, 1.165) is 48.0 Å². The fourth-order valence-corrected chi connectivity index (χ4v) is 4.27. The highest BCUT2D eigenvalue weighted by atomic mass is 35.5. The number of anilines is 2. The van der Waals surface area contributed by atoms with Crippen LogP contribution in [0.4, 0.5) is 11.5 Å². The number of halogens is 1. The van der Waals surface area contributed by atoms with Crippen LogP contribution in [0.25, 0.3) is 0 Å². The minimum atomic E-state index is -0.331. The third kappa shape index (κ3) is 4.83. The summed E-state index contributed by atoms with van der Waals surface area (Å²) >= 11 is 6.20. The van der Waals surface area contributed by atoms with E-state index in [1.165, 1.54) is 18.2 Å². The molecule has 0 bridgehead atoms. The van der Waals surface area contributed by atoms with Crippen LogP contribution in [0.2, 0.25) is 5.02 Å². The van der Waals surface area contributed by atoms with Crippen molar-refractivity contribution < 1.29 is 9.53 Å². The van der Waals surface area contributed by atoms with E-state index in [9.17, 15) is 4.79 Å². The highest BCUT2D eigenvalue weighted by molar-refractivity contribution is 6.30. The predicted molar refractivity (Wildman–Crippen MR) is 125 cm³/mol. The molecule has 5 nitrogen and oxygen atoms in total.